The quantitative estimate of drug-likeness (QED) is 0.862. The molecule has 1 aromatic carbocycles. The third-order valence-corrected chi connectivity index (χ3v) is 3.39. The summed E-state index contributed by atoms with van der Waals surface area (Å²) < 4.78 is 15.5. The van der Waals surface area contributed by atoms with Crippen LogP contribution in [0.2, 0.25) is 0 Å². The zero-order valence-electron chi connectivity index (χ0n) is 11.7. The molecule has 1 unspecified atom stereocenters. The average Bonchev–Trinajstić information content (AvgIpc) is 2.75. The Morgan fingerprint density at radius 1 is 1.32 bits per heavy atom. The molecule has 0 saturated heterocycles. The Balaban J connectivity index is 2.43. The van der Waals surface area contributed by atoms with E-state index in [0.717, 1.165) is 49.1 Å². The molecular formula is C15H22FN3. The van der Waals surface area contributed by atoms with Crippen LogP contribution in [0.3, 0.4) is 0 Å². The van der Waals surface area contributed by atoms with E-state index >= 15 is 0 Å². The first-order valence-electron chi connectivity index (χ1n) is 7.08. The zero-order chi connectivity index (χ0) is 13.8. The van der Waals surface area contributed by atoms with E-state index in [9.17, 15) is 4.39 Å². The van der Waals surface area contributed by atoms with E-state index in [2.05, 4.69) is 23.4 Å². The number of rotatable bonds is 6. The minimum absolute atomic E-state index is 0.0676. The number of nitrogens with two attached hydrogens (primary N) is 1. The molecule has 0 bridgehead atoms. The monoisotopic (exact) mass is 263 g/mol. The maximum Gasteiger partial charge on any atom is 0.126 e. The third kappa shape index (κ3) is 2.95. The van der Waals surface area contributed by atoms with E-state index in [1.807, 2.05) is 0 Å². The van der Waals surface area contributed by atoms with Crippen molar-refractivity contribution in [3.63, 3.8) is 0 Å². The van der Waals surface area contributed by atoms with Crippen LogP contribution in [0.1, 0.15) is 51.4 Å². The van der Waals surface area contributed by atoms with Gasteiger partial charge in [-0.2, -0.15) is 0 Å². The molecule has 1 atom stereocenters. The third-order valence-electron chi connectivity index (χ3n) is 3.39. The van der Waals surface area contributed by atoms with Crippen LogP contribution < -0.4 is 5.73 Å². The Hall–Kier alpha value is -1.42. The summed E-state index contributed by atoms with van der Waals surface area (Å²) in [5.41, 5.74) is 7.92. The van der Waals surface area contributed by atoms with Crippen molar-refractivity contribution in [3.05, 3.63) is 29.8 Å². The van der Waals surface area contributed by atoms with E-state index in [-0.39, 0.29) is 11.9 Å². The van der Waals surface area contributed by atoms with Crippen molar-refractivity contribution < 1.29 is 4.39 Å². The first kappa shape index (κ1) is 14.0. The molecule has 3 nitrogen and oxygen atoms in total. The molecular weight excluding hydrogens is 241 g/mol. The van der Waals surface area contributed by atoms with Gasteiger partial charge in [-0.3, -0.25) is 0 Å². The fourth-order valence-corrected chi connectivity index (χ4v) is 2.41. The summed E-state index contributed by atoms with van der Waals surface area (Å²) in [7, 11) is 0. The Morgan fingerprint density at radius 3 is 2.79 bits per heavy atom. The van der Waals surface area contributed by atoms with Gasteiger partial charge in [0, 0.05) is 6.54 Å². The maximum absolute atomic E-state index is 13.4. The molecule has 0 radical (unpaired) electrons. The van der Waals surface area contributed by atoms with Crippen LogP contribution in [0, 0.1) is 5.82 Å². The van der Waals surface area contributed by atoms with Crippen molar-refractivity contribution in [3.8, 4) is 0 Å². The first-order chi connectivity index (χ1) is 9.17. The fraction of sp³-hybridized carbons (Fsp3) is 0.533. The highest BCUT2D eigenvalue weighted by Crippen LogP contribution is 2.23. The molecule has 0 amide bonds. The number of aryl methyl sites for hydroxylation is 1. The number of unbranched alkanes of at least 4 members (excludes halogenated alkanes) is 1. The highest BCUT2D eigenvalue weighted by Gasteiger charge is 2.16. The minimum Gasteiger partial charge on any atom is -0.327 e. The molecule has 4 heteroatoms. The van der Waals surface area contributed by atoms with Crippen LogP contribution in [0.15, 0.2) is 18.2 Å². The van der Waals surface area contributed by atoms with Crippen LogP contribution in [0.5, 0.6) is 0 Å². The van der Waals surface area contributed by atoms with E-state index in [4.69, 9.17) is 5.73 Å². The number of aromatic nitrogens is 2. The summed E-state index contributed by atoms with van der Waals surface area (Å²) in [6.45, 7) is 5.08. The number of halogens is 1. The number of fused-ring (bicyclic) bond motifs is 1. The van der Waals surface area contributed by atoms with Gasteiger partial charge in [0.1, 0.15) is 11.6 Å². The summed E-state index contributed by atoms with van der Waals surface area (Å²) in [6.07, 6.45) is 4.11. The van der Waals surface area contributed by atoms with Gasteiger partial charge in [-0.15, -0.1) is 0 Å². The van der Waals surface area contributed by atoms with Crippen LogP contribution >= 0.6 is 0 Å². The predicted molar refractivity (Wildman–Crippen MR) is 76.4 cm³/mol. The second-order valence-corrected chi connectivity index (χ2v) is 5.00. The van der Waals surface area contributed by atoms with Crippen molar-refractivity contribution in [2.24, 2.45) is 5.73 Å². The van der Waals surface area contributed by atoms with E-state index in [1.165, 1.54) is 6.07 Å². The Bertz CT molecular complexity index is 548. The Morgan fingerprint density at radius 2 is 2.11 bits per heavy atom. The van der Waals surface area contributed by atoms with Crippen LogP contribution in [0.25, 0.3) is 11.0 Å². The molecule has 0 aliphatic rings. The highest BCUT2D eigenvalue weighted by molar-refractivity contribution is 5.76. The van der Waals surface area contributed by atoms with Crippen molar-refractivity contribution in [2.75, 3.05) is 0 Å². The fourth-order valence-electron chi connectivity index (χ4n) is 2.41. The van der Waals surface area contributed by atoms with E-state index in [1.54, 1.807) is 12.1 Å². The second kappa shape index (κ2) is 6.15. The van der Waals surface area contributed by atoms with Crippen LogP contribution in [0.4, 0.5) is 4.39 Å². The lowest BCUT2D eigenvalue weighted by Gasteiger charge is -2.13. The van der Waals surface area contributed by atoms with E-state index in [0.29, 0.717) is 0 Å². The summed E-state index contributed by atoms with van der Waals surface area (Å²) >= 11 is 0. The normalized spacial score (nSPS) is 13.1. The minimum atomic E-state index is -0.224. The standard InChI is InChI=1S/C15H22FN3/c1-3-5-6-12(17)15-18-13-8-7-11(16)10-14(13)19(15)9-4-2/h7-8,10,12H,3-6,9,17H2,1-2H3. The van der Waals surface area contributed by atoms with Gasteiger partial charge >= 0.3 is 0 Å². The van der Waals surface area contributed by atoms with Crippen molar-refractivity contribution in [2.45, 2.75) is 52.1 Å². The molecule has 104 valence electrons. The van der Waals surface area contributed by atoms with Gasteiger partial charge in [0.05, 0.1) is 17.1 Å². The van der Waals surface area contributed by atoms with Gasteiger partial charge in [0.15, 0.2) is 0 Å². The molecule has 2 N–H and O–H groups in total. The summed E-state index contributed by atoms with van der Waals surface area (Å²) in [5, 5.41) is 0. The second-order valence-electron chi connectivity index (χ2n) is 5.00. The molecule has 19 heavy (non-hydrogen) atoms. The lowest BCUT2D eigenvalue weighted by atomic mass is 10.1. The van der Waals surface area contributed by atoms with Crippen molar-refractivity contribution in [1.29, 1.82) is 0 Å². The highest BCUT2D eigenvalue weighted by atomic mass is 19.1. The lowest BCUT2D eigenvalue weighted by Crippen LogP contribution is -2.16. The van der Waals surface area contributed by atoms with Gasteiger partial charge in [-0.25, -0.2) is 9.37 Å². The molecule has 0 saturated carbocycles. The lowest BCUT2D eigenvalue weighted by molar-refractivity contribution is 0.536. The Labute approximate surface area is 113 Å². The number of benzene rings is 1. The van der Waals surface area contributed by atoms with Crippen LogP contribution in [-0.4, -0.2) is 9.55 Å². The molecule has 0 spiro atoms. The van der Waals surface area contributed by atoms with E-state index < -0.39 is 0 Å². The Kier molecular flexibility index (Phi) is 4.53. The van der Waals surface area contributed by atoms with Crippen LogP contribution in [-0.2, 0) is 6.54 Å². The van der Waals surface area contributed by atoms with Gasteiger partial charge in [0.2, 0.25) is 0 Å². The van der Waals surface area contributed by atoms with Gasteiger partial charge in [-0.1, -0.05) is 26.7 Å². The molecule has 1 heterocycles. The zero-order valence-corrected chi connectivity index (χ0v) is 11.7. The number of hydrogen-bond donors (Lipinski definition) is 1. The molecule has 0 fully saturated rings. The number of hydrogen-bond acceptors (Lipinski definition) is 2. The largest absolute Gasteiger partial charge is 0.327 e. The topological polar surface area (TPSA) is 43.8 Å². The predicted octanol–water partition coefficient (Wildman–Crippen LogP) is 3.78. The maximum atomic E-state index is 13.4. The molecule has 0 aliphatic heterocycles. The summed E-state index contributed by atoms with van der Waals surface area (Å²) in [5.74, 6) is 0.661. The SMILES string of the molecule is CCCCC(N)c1nc2ccc(F)cc2n1CCC. The summed E-state index contributed by atoms with van der Waals surface area (Å²) in [6, 6.07) is 4.66. The first-order valence-corrected chi connectivity index (χ1v) is 7.08. The molecule has 0 aliphatic carbocycles. The smallest absolute Gasteiger partial charge is 0.126 e. The van der Waals surface area contributed by atoms with Crippen molar-refractivity contribution in [1.82, 2.24) is 9.55 Å². The van der Waals surface area contributed by atoms with Gasteiger partial charge in [-0.05, 0) is 31.0 Å². The van der Waals surface area contributed by atoms with Gasteiger partial charge < -0.3 is 10.3 Å². The molecule has 1 aromatic heterocycles. The number of nitrogens with zero attached hydrogens (tertiary/aromatic N) is 2. The average molecular weight is 263 g/mol. The van der Waals surface area contributed by atoms with Crippen molar-refractivity contribution >= 4 is 11.0 Å². The molecule has 2 aromatic rings. The van der Waals surface area contributed by atoms with Gasteiger partial charge in [0.25, 0.3) is 0 Å². The summed E-state index contributed by atoms with van der Waals surface area (Å²) in [4.78, 5) is 4.60. The molecule has 2 rings (SSSR count). The number of imidazole rings is 1.